The van der Waals surface area contributed by atoms with Crippen molar-refractivity contribution < 1.29 is 23.8 Å². The molecule has 0 radical (unpaired) electrons. The van der Waals surface area contributed by atoms with Gasteiger partial charge in [0, 0.05) is 30.7 Å². The number of benzene rings is 2. The number of ketones is 1. The van der Waals surface area contributed by atoms with Crippen LogP contribution in [0.25, 0.3) is 5.76 Å². The van der Waals surface area contributed by atoms with Crippen molar-refractivity contribution in [2.45, 2.75) is 6.04 Å². The molecular weight excluding hydrogens is 461 g/mol. The van der Waals surface area contributed by atoms with Gasteiger partial charge in [0.15, 0.2) is 0 Å². The summed E-state index contributed by atoms with van der Waals surface area (Å²) in [6.07, 6.45) is 3.07. The van der Waals surface area contributed by atoms with Gasteiger partial charge in [-0.1, -0.05) is 17.7 Å². The number of aliphatic hydroxyl groups excluding tert-OH is 1. The van der Waals surface area contributed by atoms with Crippen LogP contribution in [0.5, 0.6) is 5.75 Å². The summed E-state index contributed by atoms with van der Waals surface area (Å²) in [5.41, 5.74) is 1.74. The molecule has 3 heterocycles. The van der Waals surface area contributed by atoms with Crippen LogP contribution < -0.4 is 14.5 Å². The molecule has 3 aromatic rings. The molecule has 172 valence electrons. The maximum absolute atomic E-state index is 13.8. The predicted octanol–water partition coefficient (Wildman–Crippen LogP) is 4.33. The number of rotatable bonds is 3. The zero-order valence-electron chi connectivity index (χ0n) is 18.0. The zero-order valence-corrected chi connectivity index (χ0v) is 18.8. The van der Waals surface area contributed by atoms with Gasteiger partial charge >= 0.3 is 0 Å². The van der Waals surface area contributed by atoms with Gasteiger partial charge in [0.2, 0.25) is 0 Å². The second-order valence-electron chi connectivity index (χ2n) is 8.01. The number of carbonyl (C=O) groups excluding carboxylic acids is 2. The zero-order chi connectivity index (χ0) is 24.0. The molecule has 2 aromatic carbocycles. The van der Waals surface area contributed by atoms with Gasteiger partial charge in [-0.2, -0.15) is 0 Å². The first-order valence-corrected chi connectivity index (χ1v) is 10.9. The highest BCUT2D eigenvalue weighted by atomic mass is 35.5. The third-order valence-corrected chi connectivity index (χ3v) is 6.24. The summed E-state index contributed by atoms with van der Waals surface area (Å²) in [5, 5.41) is 11.1. The van der Waals surface area contributed by atoms with E-state index < -0.39 is 23.5 Å². The molecule has 1 atom stereocenters. The van der Waals surface area contributed by atoms with Crippen LogP contribution >= 0.6 is 11.6 Å². The molecule has 0 spiro atoms. The van der Waals surface area contributed by atoms with E-state index in [1.165, 1.54) is 23.2 Å². The molecule has 1 fully saturated rings. The molecule has 7 nitrogen and oxygen atoms in total. The van der Waals surface area contributed by atoms with Gasteiger partial charge < -0.3 is 14.7 Å². The molecule has 1 aromatic heterocycles. The maximum atomic E-state index is 13.8. The Morgan fingerprint density at radius 1 is 1.21 bits per heavy atom. The van der Waals surface area contributed by atoms with Gasteiger partial charge in [-0.05, 0) is 48.0 Å². The summed E-state index contributed by atoms with van der Waals surface area (Å²) < 4.78 is 19.5. The van der Waals surface area contributed by atoms with Crippen LogP contribution in [0.15, 0.2) is 66.5 Å². The molecule has 9 heteroatoms. The summed E-state index contributed by atoms with van der Waals surface area (Å²) >= 11 is 5.96. The van der Waals surface area contributed by atoms with Gasteiger partial charge in [-0.3, -0.25) is 19.5 Å². The van der Waals surface area contributed by atoms with Crippen LogP contribution in [-0.4, -0.2) is 42.0 Å². The van der Waals surface area contributed by atoms with Crippen molar-refractivity contribution in [1.29, 1.82) is 0 Å². The maximum Gasteiger partial charge on any atom is 0.300 e. The molecular formula is C25H19ClFN3O4. The number of aliphatic hydroxyl groups is 1. The molecule has 1 amide bonds. The van der Waals surface area contributed by atoms with E-state index in [9.17, 15) is 19.1 Å². The lowest BCUT2D eigenvalue weighted by Gasteiger charge is -2.28. The average Bonchev–Trinajstić information content (AvgIpc) is 3.11. The normalized spacial score (nSPS) is 19.2. The van der Waals surface area contributed by atoms with Crippen molar-refractivity contribution in [2.75, 3.05) is 30.0 Å². The molecule has 2 aliphatic rings. The second-order valence-corrected chi connectivity index (χ2v) is 8.41. The Labute approximate surface area is 199 Å². The number of halogens is 2. The van der Waals surface area contributed by atoms with Gasteiger partial charge in [0.05, 0.1) is 28.9 Å². The Kier molecular flexibility index (Phi) is 5.45. The molecule has 0 aliphatic carbocycles. The second kappa shape index (κ2) is 8.46. The van der Waals surface area contributed by atoms with E-state index in [1.807, 2.05) is 11.9 Å². The van der Waals surface area contributed by atoms with E-state index in [0.717, 1.165) is 11.8 Å². The van der Waals surface area contributed by atoms with Crippen molar-refractivity contribution in [1.82, 2.24) is 4.98 Å². The highest BCUT2D eigenvalue weighted by molar-refractivity contribution is 6.51. The van der Waals surface area contributed by atoms with Crippen molar-refractivity contribution in [2.24, 2.45) is 0 Å². The number of ether oxygens (including phenoxy) is 1. The van der Waals surface area contributed by atoms with Crippen LogP contribution in [0, 0.1) is 5.82 Å². The largest absolute Gasteiger partial charge is 0.507 e. The van der Waals surface area contributed by atoms with Crippen LogP contribution in [0.3, 0.4) is 0 Å². The van der Waals surface area contributed by atoms with Crippen LogP contribution in [0.2, 0.25) is 5.02 Å². The van der Waals surface area contributed by atoms with E-state index in [0.29, 0.717) is 30.0 Å². The minimum Gasteiger partial charge on any atom is -0.507 e. The van der Waals surface area contributed by atoms with Crippen LogP contribution in [-0.2, 0) is 9.59 Å². The van der Waals surface area contributed by atoms with Crippen molar-refractivity contribution in [3.63, 3.8) is 0 Å². The fourth-order valence-corrected chi connectivity index (χ4v) is 4.42. The van der Waals surface area contributed by atoms with E-state index in [1.54, 1.807) is 36.5 Å². The first-order chi connectivity index (χ1) is 16.4. The van der Waals surface area contributed by atoms with Gasteiger partial charge in [0.1, 0.15) is 23.9 Å². The lowest BCUT2D eigenvalue weighted by atomic mass is 9.95. The summed E-state index contributed by atoms with van der Waals surface area (Å²) in [4.78, 5) is 33.7. The standard InChI is InChI=1S/C25H19ClFN3O4/c1-29-9-10-34-20-7-4-14(11-19(20)29)23(31)21-22(15-3-2-8-28-13-15)30(25(33)24(21)32)16-5-6-18(27)17(26)12-16/h2-8,11-13,22,31H,9-10H2,1H3/b23-21-. The minimum atomic E-state index is -0.986. The molecule has 0 bridgehead atoms. The molecule has 1 unspecified atom stereocenters. The first kappa shape index (κ1) is 21.9. The van der Waals surface area contributed by atoms with Gasteiger partial charge in [-0.15, -0.1) is 0 Å². The summed E-state index contributed by atoms with van der Waals surface area (Å²) in [6, 6.07) is 11.2. The SMILES string of the molecule is CN1CCOc2ccc(/C(O)=C3/C(=O)C(=O)N(c4ccc(F)c(Cl)c4)C3c3cccnc3)cc21. The summed E-state index contributed by atoms with van der Waals surface area (Å²) in [6.45, 7) is 1.21. The number of likely N-dealkylation sites (N-methyl/N-ethyl adjacent to an activating group) is 1. The lowest BCUT2D eigenvalue weighted by molar-refractivity contribution is -0.132. The fraction of sp³-hybridized carbons (Fsp3) is 0.160. The molecule has 5 rings (SSSR count). The number of hydrogen-bond acceptors (Lipinski definition) is 6. The number of amides is 1. The number of nitrogens with zero attached hydrogens (tertiary/aromatic N) is 3. The molecule has 0 saturated carbocycles. The Morgan fingerprint density at radius 3 is 2.76 bits per heavy atom. The van der Waals surface area contributed by atoms with E-state index in [2.05, 4.69) is 4.98 Å². The van der Waals surface area contributed by atoms with Gasteiger partial charge in [0.25, 0.3) is 11.7 Å². The van der Waals surface area contributed by atoms with E-state index in [-0.39, 0.29) is 22.0 Å². The minimum absolute atomic E-state index is 0.0993. The number of aromatic nitrogens is 1. The highest BCUT2D eigenvalue weighted by Crippen LogP contribution is 2.43. The monoisotopic (exact) mass is 479 g/mol. The third kappa shape index (κ3) is 3.56. The number of carbonyl (C=O) groups is 2. The fourth-order valence-electron chi connectivity index (χ4n) is 4.24. The Bertz CT molecular complexity index is 1350. The van der Waals surface area contributed by atoms with Crippen LogP contribution in [0.1, 0.15) is 17.2 Å². The highest BCUT2D eigenvalue weighted by Gasteiger charge is 2.47. The van der Waals surface area contributed by atoms with Gasteiger partial charge in [-0.25, -0.2) is 4.39 Å². The summed E-state index contributed by atoms with van der Waals surface area (Å²) in [7, 11) is 1.90. The third-order valence-electron chi connectivity index (χ3n) is 5.95. The van der Waals surface area contributed by atoms with Crippen molar-refractivity contribution in [3.05, 3.63) is 88.5 Å². The quantitative estimate of drug-likeness (QED) is 0.342. The predicted molar refractivity (Wildman–Crippen MR) is 126 cm³/mol. The number of pyridine rings is 1. The number of fused-ring (bicyclic) bond motifs is 1. The lowest BCUT2D eigenvalue weighted by Crippen LogP contribution is -2.29. The molecule has 1 saturated heterocycles. The number of hydrogen-bond donors (Lipinski definition) is 1. The Hall–Kier alpha value is -3.91. The molecule has 34 heavy (non-hydrogen) atoms. The molecule has 2 aliphatic heterocycles. The smallest absolute Gasteiger partial charge is 0.300 e. The summed E-state index contributed by atoms with van der Waals surface area (Å²) in [5.74, 6) is -2.05. The first-order valence-electron chi connectivity index (χ1n) is 10.5. The Morgan fingerprint density at radius 2 is 2.03 bits per heavy atom. The number of anilines is 2. The average molecular weight is 480 g/mol. The number of Topliss-reactive ketones (excluding diaryl/α,β-unsaturated/α-hetero) is 1. The topological polar surface area (TPSA) is 83.0 Å². The molecule has 1 N–H and O–H groups in total. The van der Waals surface area contributed by atoms with E-state index >= 15 is 0 Å². The van der Waals surface area contributed by atoms with Crippen molar-refractivity contribution >= 4 is 40.4 Å². The van der Waals surface area contributed by atoms with E-state index in [4.69, 9.17) is 16.3 Å². The van der Waals surface area contributed by atoms with Crippen LogP contribution in [0.4, 0.5) is 15.8 Å². The van der Waals surface area contributed by atoms with Crippen molar-refractivity contribution in [3.8, 4) is 5.75 Å². The Balaban J connectivity index is 1.69.